The van der Waals surface area contributed by atoms with Gasteiger partial charge in [0.15, 0.2) is 6.61 Å². The van der Waals surface area contributed by atoms with E-state index in [1.165, 1.54) is 6.07 Å². The summed E-state index contributed by atoms with van der Waals surface area (Å²) < 4.78 is 17.7. The van der Waals surface area contributed by atoms with Gasteiger partial charge in [-0.3, -0.25) is 10.1 Å². The molecule has 7 heteroatoms. The lowest BCUT2D eigenvalue weighted by Crippen LogP contribution is -2.38. The molecule has 0 saturated carbocycles. The largest absolute Gasteiger partial charge is 0.481 e. The summed E-state index contributed by atoms with van der Waals surface area (Å²) >= 11 is 0. The lowest BCUT2D eigenvalue weighted by Gasteiger charge is -2.07. The Balaban J connectivity index is 2.57. The molecule has 0 atom stereocenters. The molecule has 0 bridgehead atoms. The van der Waals surface area contributed by atoms with Crippen molar-refractivity contribution < 1.29 is 18.7 Å². The van der Waals surface area contributed by atoms with Crippen LogP contribution in [0.5, 0.6) is 5.75 Å². The van der Waals surface area contributed by atoms with Gasteiger partial charge in [-0.1, -0.05) is 0 Å². The van der Waals surface area contributed by atoms with Gasteiger partial charge in [0.1, 0.15) is 11.6 Å². The second-order valence-electron chi connectivity index (χ2n) is 2.88. The van der Waals surface area contributed by atoms with Crippen LogP contribution in [0.1, 0.15) is 0 Å². The van der Waals surface area contributed by atoms with Crippen LogP contribution in [0.2, 0.25) is 0 Å². The molecule has 0 aliphatic heterocycles. The van der Waals surface area contributed by atoms with Crippen molar-refractivity contribution in [2.45, 2.75) is 0 Å². The van der Waals surface area contributed by atoms with E-state index in [9.17, 15) is 14.0 Å². The van der Waals surface area contributed by atoms with Crippen LogP contribution in [0.4, 0.5) is 14.9 Å². The molecule has 5 N–H and O–H groups in total. The van der Waals surface area contributed by atoms with E-state index >= 15 is 0 Å². The topological polar surface area (TPSA) is 107 Å². The normalized spacial score (nSPS) is 9.56. The smallest absolute Gasteiger partial charge is 0.318 e. The van der Waals surface area contributed by atoms with E-state index in [0.29, 0.717) is 0 Å². The summed E-state index contributed by atoms with van der Waals surface area (Å²) in [7, 11) is 0. The summed E-state index contributed by atoms with van der Waals surface area (Å²) in [6, 6.07) is 2.51. The molecule has 86 valence electrons. The molecular weight excluding hydrogens is 217 g/mol. The molecule has 1 aromatic rings. The van der Waals surface area contributed by atoms with Crippen molar-refractivity contribution >= 4 is 17.6 Å². The molecule has 6 nitrogen and oxygen atoms in total. The second kappa shape index (κ2) is 4.96. The third-order valence-corrected chi connectivity index (χ3v) is 1.60. The van der Waals surface area contributed by atoms with E-state index in [0.717, 1.165) is 12.1 Å². The number of nitrogens with two attached hydrogens (primary N) is 2. The Kier molecular flexibility index (Phi) is 3.65. The number of nitrogens with one attached hydrogen (secondary N) is 1. The van der Waals surface area contributed by atoms with Crippen LogP contribution in [0.3, 0.4) is 0 Å². The third kappa shape index (κ3) is 3.45. The van der Waals surface area contributed by atoms with E-state index in [4.69, 9.17) is 16.2 Å². The Labute approximate surface area is 90.4 Å². The zero-order valence-corrected chi connectivity index (χ0v) is 8.20. The molecule has 1 rings (SSSR count). The Bertz CT molecular complexity index is 422. The van der Waals surface area contributed by atoms with Gasteiger partial charge in [-0.25, -0.2) is 9.18 Å². The van der Waals surface area contributed by atoms with E-state index in [1.54, 1.807) is 5.32 Å². The number of urea groups is 1. The van der Waals surface area contributed by atoms with Crippen molar-refractivity contribution in [2.24, 2.45) is 5.73 Å². The fourth-order valence-corrected chi connectivity index (χ4v) is 0.950. The van der Waals surface area contributed by atoms with E-state index in [-0.39, 0.29) is 11.4 Å². The molecule has 0 aliphatic carbocycles. The molecule has 3 amide bonds. The average molecular weight is 227 g/mol. The fraction of sp³-hybridized carbons (Fsp3) is 0.111. The second-order valence-corrected chi connectivity index (χ2v) is 2.88. The molecule has 0 heterocycles. The number of rotatable bonds is 3. The third-order valence-electron chi connectivity index (χ3n) is 1.60. The fourth-order valence-electron chi connectivity index (χ4n) is 0.950. The summed E-state index contributed by atoms with van der Waals surface area (Å²) in [5.41, 5.74) is 10.4. The summed E-state index contributed by atoms with van der Waals surface area (Å²) in [5, 5.41) is 1.79. The first kappa shape index (κ1) is 11.8. The molecule has 1 aromatic carbocycles. The molecule has 0 radical (unpaired) electrons. The van der Waals surface area contributed by atoms with Gasteiger partial charge in [0, 0.05) is 6.07 Å². The number of anilines is 1. The molecule has 0 saturated heterocycles. The standard InChI is InChI=1S/C9H10FN3O3/c10-5-1-2-6(11)7(3-5)16-4-8(14)13-9(12)15/h1-3H,4,11H2,(H3,12,13,14,15). The van der Waals surface area contributed by atoms with Crippen LogP contribution < -0.4 is 21.5 Å². The maximum atomic E-state index is 12.8. The quantitative estimate of drug-likeness (QED) is 0.630. The Morgan fingerprint density at radius 1 is 1.44 bits per heavy atom. The summed E-state index contributed by atoms with van der Waals surface area (Å²) in [5.74, 6) is -1.25. The van der Waals surface area contributed by atoms with Gasteiger partial charge in [0.05, 0.1) is 5.69 Å². The highest BCUT2D eigenvalue weighted by Crippen LogP contribution is 2.21. The average Bonchev–Trinajstić information content (AvgIpc) is 2.18. The van der Waals surface area contributed by atoms with Crippen LogP contribution in [0.15, 0.2) is 18.2 Å². The van der Waals surface area contributed by atoms with Crippen molar-refractivity contribution in [1.82, 2.24) is 5.32 Å². The summed E-state index contributed by atoms with van der Waals surface area (Å²) in [6.45, 7) is -0.476. The van der Waals surface area contributed by atoms with E-state index in [2.05, 4.69) is 0 Å². The SMILES string of the molecule is NC(=O)NC(=O)COc1cc(F)ccc1N. The van der Waals surface area contributed by atoms with Crippen LogP contribution >= 0.6 is 0 Å². The minimum Gasteiger partial charge on any atom is -0.481 e. The van der Waals surface area contributed by atoms with E-state index < -0.39 is 24.4 Å². The number of amides is 3. The highest BCUT2D eigenvalue weighted by molar-refractivity contribution is 5.94. The van der Waals surface area contributed by atoms with Crippen LogP contribution in [-0.2, 0) is 4.79 Å². The van der Waals surface area contributed by atoms with Crippen molar-refractivity contribution in [3.8, 4) is 5.75 Å². The highest BCUT2D eigenvalue weighted by atomic mass is 19.1. The number of carbonyl (C=O) groups excluding carboxylic acids is 2. The number of hydrogen-bond acceptors (Lipinski definition) is 4. The number of imide groups is 1. The van der Waals surface area contributed by atoms with Crippen LogP contribution in [0, 0.1) is 5.82 Å². The first-order chi connectivity index (χ1) is 7.49. The number of nitrogen functional groups attached to an aromatic ring is 1. The zero-order chi connectivity index (χ0) is 12.1. The zero-order valence-electron chi connectivity index (χ0n) is 8.20. The predicted octanol–water partition coefficient (Wildman–Crippen LogP) is -0.0184. The van der Waals surface area contributed by atoms with Crippen LogP contribution in [-0.4, -0.2) is 18.5 Å². The number of benzene rings is 1. The van der Waals surface area contributed by atoms with Gasteiger partial charge < -0.3 is 16.2 Å². The number of primary amides is 1. The number of hydrogen-bond donors (Lipinski definition) is 3. The van der Waals surface area contributed by atoms with Gasteiger partial charge in [-0.15, -0.1) is 0 Å². The van der Waals surface area contributed by atoms with Crippen molar-refractivity contribution in [1.29, 1.82) is 0 Å². The molecule has 0 fully saturated rings. The Morgan fingerprint density at radius 3 is 2.75 bits per heavy atom. The van der Waals surface area contributed by atoms with Crippen molar-refractivity contribution in [3.63, 3.8) is 0 Å². The summed E-state index contributed by atoms with van der Waals surface area (Å²) in [4.78, 5) is 21.2. The van der Waals surface area contributed by atoms with Gasteiger partial charge >= 0.3 is 6.03 Å². The lowest BCUT2D eigenvalue weighted by molar-refractivity contribution is -0.121. The van der Waals surface area contributed by atoms with Crippen molar-refractivity contribution in [2.75, 3.05) is 12.3 Å². The Hall–Kier alpha value is -2.31. The highest BCUT2D eigenvalue weighted by Gasteiger charge is 2.07. The number of ether oxygens (including phenoxy) is 1. The van der Waals surface area contributed by atoms with Crippen molar-refractivity contribution in [3.05, 3.63) is 24.0 Å². The molecule has 0 spiro atoms. The first-order valence-corrected chi connectivity index (χ1v) is 4.26. The molecular formula is C9H10FN3O3. The van der Waals surface area contributed by atoms with Gasteiger partial charge in [0.2, 0.25) is 0 Å². The number of carbonyl (C=O) groups is 2. The monoisotopic (exact) mass is 227 g/mol. The van der Waals surface area contributed by atoms with Gasteiger partial charge in [0.25, 0.3) is 5.91 Å². The maximum absolute atomic E-state index is 12.8. The summed E-state index contributed by atoms with van der Waals surface area (Å²) in [6.07, 6.45) is 0. The first-order valence-electron chi connectivity index (χ1n) is 4.26. The van der Waals surface area contributed by atoms with Gasteiger partial charge in [-0.05, 0) is 12.1 Å². The molecule has 0 aliphatic rings. The minimum atomic E-state index is -0.985. The molecule has 16 heavy (non-hydrogen) atoms. The molecule has 0 aromatic heterocycles. The van der Waals surface area contributed by atoms with E-state index in [1.807, 2.05) is 0 Å². The maximum Gasteiger partial charge on any atom is 0.318 e. The molecule has 0 unspecified atom stereocenters. The minimum absolute atomic E-state index is 0.0274. The van der Waals surface area contributed by atoms with Gasteiger partial charge in [-0.2, -0.15) is 0 Å². The predicted molar refractivity (Wildman–Crippen MR) is 54.0 cm³/mol. The lowest BCUT2D eigenvalue weighted by atomic mass is 10.3. The Morgan fingerprint density at radius 2 is 2.12 bits per heavy atom. The number of halogens is 1. The van der Waals surface area contributed by atoms with Crippen LogP contribution in [0.25, 0.3) is 0 Å².